The molecule has 3 nitrogen and oxygen atoms in total. The maximum atomic E-state index is 9.52. The summed E-state index contributed by atoms with van der Waals surface area (Å²) in [4.78, 5) is 2.49. The predicted octanol–water partition coefficient (Wildman–Crippen LogP) is 1.89. The highest BCUT2D eigenvalue weighted by Crippen LogP contribution is 2.22. The number of hydrogen-bond donors (Lipinski definition) is 1. The molecule has 0 saturated carbocycles. The maximum absolute atomic E-state index is 9.52. The van der Waals surface area contributed by atoms with E-state index < -0.39 is 0 Å². The van der Waals surface area contributed by atoms with Gasteiger partial charge in [-0.1, -0.05) is 0 Å². The van der Waals surface area contributed by atoms with Crippen LogP contribution in [0.5, 0.6) is 0 Å². The number of methoxy groups -OCH3 is 1. The van der Waals surface area contributed by atoms with E-state index in [1.54, 1.807) is 7.11 Å². The molecule has 0 radical (unpaired) electrons. The van der Waals surface area contributed by atoms with Crippen molar-refractivity contribution >= 4 is 0 Å². The largest absolute Gasteiger partial charge is 0.393 e. The number of aliphatic hydroxyl groups excluding tert-OH is 1. The van der Waals surface area contributed by atoms with Crippen LogP contribution in [0.4, 0.5) is 0 Å². The summed E-state index contributed by atoms with van der Waals surface area (Å²) in [5.41, 5.74) is -0.0128. The lowest BCUT2D eigenvalue weighted by molar-refractivity contribution is 0.00150. The molecule has 0 amide bonds. The number of hydrogen-bond acceptors (Lipinski definition) is 3. The molecule has 0 aliphatic carbocycles. The highest BCUT2D eigenvalue weighted by molar-refractivity contribution is 4.77. The Balaban J connectivity index is 2.22. The van der Waals surface area contributed by atoms with Gasteiger partial charge in [0.15, 0.2) is 0 Å². The SMILES string of the molecule is COC(C)(C)CCN1CCC(C(C)O)CC1. The molecule has 0 aromatic rings. The fourth-order valence-electron chi connectivity index (χ4n) is 2.19. The third kappa shape index (κ3) is 4.40. The van der Waals surface area contributed by atoms with Crippen molar-refractivity contribution in [3.8, 4) is 0 Å². The minimum atomic E-state index is -0.141. The molecule has 1 fully saturated rings. The van der Waals surface area contributed by atoms with Crippen molar-refractivity contribution in [2.24, 2.45) is 5.92 Å². The second-order valence-electron chi connectivity index (χ2n) is 5.63. The van der Waals surface area contributed by atoms with Gasteiger partial charge in [-0.15, -0.1) is 0 Å². The first kappa shape index (κ1) is 13.9. The molecule has 1 rings (SSSR count). The van der Waals surface area contributed by atoms with E-state index in [2.05, 4.69) is 18.7 Å². The zero-order valence-electron chi connectivity index (χ0n) is 11.2. The first-order valence-electron chi connectivity index (χ1n) is 6.40. The molecule has 0 bridgehead atoms. The monoisotopic (exact) mass is 229 g/mol. The molecular formula is C13H27NO2. The van der Waals surface area contributed by atoms with Gasteiger partial charge in [-0.05, 0) is 59.0 Å². The maximum Gasteiger partial charge on any atom is 0.0634 e. The molecule has 1 N–H and O–H groups in total. The van der Waals surface area contributed by atoms with Gasteiger partial charge in [-0.2, -0.15) is 0 Å². The quantitative estimate of drug-likeness (QED) is 0.781. The van der Waals surface area contributed by atoms with Gasteiger partial charge in [0.05, 0.1) is 11.7 Å². The van der Waals surface area contributed by atoms with E-state index in [4.69, 9.17) is 4.74 Å². The van der Waals surface area contributed by atoms with Crippen molar-refractivity contribution in [1.29, 1.82) is 0 Å². The zero-order valence-corrected chi connectivity index (χ0v) is 11.2. The van der Waals surface area contributed by atoms with Crippen molar-refractivity contribution in [2.45, 2.75) is 51.7 Å². The molecule has 1 aliphatic heterocycles. The molecule has 16 heavy (non-hydrogen) atoms. The summed E-state index contributed by atoms with van der Waals surface area (Å²) >= 11 is 0. The van der Waals surface area contributed by atoms with Crippen LogP contribution in [0.2, 0.25) is 0 Å². The van der Waals surface area contributed by atoms with Crippen LogP contribution < -0.4 is 0 Å². The van der Waals surface area contributed by atoms with Crippen molar-refractivity contribution in [3.05, 3.63) is 0 Å². The van der Waals surface area contributed by atoms with E-state index in [1.807, 2.05) is 6.92 Å². The van der Waals surface area contributed by atoms with E-state index in [1.165, 1.54) is 0 Å². The minimum Gasteiger partial charge on any atom is -0.393 e. The molecule has 3 heteroatoms. The van der Waals surface area contributed by atoms with Crippen LogP contribution in [0.3, 0.4) is 0 Å². The lowest BCUT2D eigenvalue weighted by atomic mass is 9.92. The highest BCUT2D eigenvalue weighted by atomic mass is 16.5. The number of nitrogens with zero attached hydrogens (tertiary/aromatic N) is 1. The van der Waals surface area contributed by atoms with Gasteiger partial charge in [0, 0.05) is 13.7 Å². The minimum absolute atomic E-state index is 0.0128. The number of likely N-dealkylation sites (tertiary alicyclic amines) is 1. The summed E-state index contributed by atoms with van der Waals surface area (Å²) in [7, 11) is 1.78. The van der Waals surface area contributed by atoms with Gasteiger partial charge in [0.1, 0.15) is 0 Å². The first-order chi connectivity index (χ1) is 7.44. The van der Waals surface area contributed by atoms with Gasteiger partial charge in [-0.25, -0.2) is 0 Å². The van der Waals surface area contributed by atoms with Crippen molar-refractivity contribution in [3.63, 3.8) is 0 Å². The van der Waals surface area contributed by atoms with E-state index in [0.717, 1.165) is 38.9 Å². The topological polar surface area (TPSA) is 32.7 Å². The highest BCUT2D eigenvalue weighted by Gasteiger charge is 2.24. The average molecular weight is 229 g/mol. The number of ether oxygens (including phenoxy) is 1. The Morgan fingerprint density at radius 3 is 2.38 bits per heavy atom. The third-order valence-electron chi connectivity index (χ3n) is 3.90. The van der Waals surface area contributed by atoms with Gasteiger partial charge >= 0.3 is 0 Å². The molecule has 1 aliphatic rings. The van der Waals surface area contributed by atoms with Crippen LogP contribution in [0.25, 0.3) is 0 Å². The fourth-order valence-corrected chi connectivity index (χ4v) is 2.19. The Morgan fingerprint density at radius 2 is 1.94 bits per heavy atom. The summed E-state index contributed by atoms with van der Waals surface area (Å²) < 4.78 is 5.42. The van der Waals surface area contributed by atoms with Gasteiger partial charge in [-0.3, -0.25) is 0 Å². The smallest absolute Gasteiger partial charge is 0.0634 e. The van der Waals surface area contributed by atoms with Crippen molar-refractivity contribution in [2.75, 3.05) is 26.7 Å². The Kier molecular flexibility index (Phi) is 5.22. The Hall–Kier alpha value is -0.120. The molecule has 0 spiro atoms. The average Bonchev–Trinajstić information content (AvgIpc) is 2.27. The number of aliphatic hydroxyl groups is 1. The van der Waals surface area contributed by atoms with Crippen LogP contribution >= 0.6 is 0 Å². The molecule has 0 aromatic heterocycles. The normalized spacial score (nSPS) is 22.3. The molecular weight excluding hydrogens is 202 g/mol. The van der Waals surface area contributed by atoms with Crippen molar-refractivity contribution < 1.29 is 9.84 Å². The van der Waals surface area contributed by atoms with E-state index in [9.17, 15) is 5.11 Å². The molecule has 1 saturated heterocycles. The van der Waals surface area contributed by atoms with Gasteiger partial charge in [0.2, 0.25) is 0 Å². The fraction of sp³-hybridized carbons (Fsp3) is 1.00. The summed E-state index contributed by atoms with van der Waals surface area (Å²) in [6, 6.07) is 0. The summed E-state index contributed by atoms with van der Waals surface area (Å²) in [5.74, 6) is 0.506. The number of rotatable bonds is 5. The Labute approximate surface area is 99.8 Å². The van der Waals surface area contributed by atoms with Crippen LogP contribution in [0.15, 0.2) is 0 Å². The number of piperidine rings is 1. The van der Waals surface area contributed by atoms with Crippen LogP contribution in [-0.4, -0.2) is 48.5 Å². The lowest BCUT2D eigenvalue weighted by Crippen LogP contribution is -2.39. The lowest BCUT2D eigenvalue weighted by Gasteiger charge is -2.35. The predicted molar refractivity (Wildman–Crippen MR) is 66.5 cm³/mol. The van der Waals surface area contributed by atoms with Crippen LogP contribution in [0, 0.1) is 5.92 Å². The molecule has 0 aromatic carbocycles. The Bertz CT molecular complexity index is 196. The molecule has 96 valence electrons. The van der Waals surface area contributed by atoms with E-state index in [0.29, 0.717) is 5.92 Å². The molecule has 1 heterocycles. The van der Waals surface area contributed by atoms with Gasteiger partial charge < -0.3 is 14.7 Å². The van der Waals surface area contributed by atoms with Crippen LogP contribution in [0.1, 0.15) is 40.0 Å². The first-order valence-corrected chi connectivity index (χ1v) is 6.40. The van der Waals surface area contributed by atoms with E-state index >= 15 is 0 Å². The standard InChI is InChI=1S/C13H27NO2/c1-11(15)12-5-8-14(9-6-12)10-7-13(2,3)16-4/h11-12,15H,5-10H2,1-4H3. The van der Waals surface area contributed by atoms with E-state index in [-0.39, 0.29) is 11.7 Å². The second-order valence-corrected chi connectivity index (χ2v) is 5.63. The second kappa shape index (κ2) is 5.99. The third-order valence-corrected chi connectivity index (χ3v) is 3.90. The summed E-state index contributed by atoms with van der Waals surface area (Å²) in [6.07, 6.45) is 3.19. The van der Waals surface area contributed by atoms with Crippen molar-refractivity contribution in [1.82, 2.24) is 4.90 Å². The summed E-state index contributed by atoms with van der Waals surface area (Å²) in [5, 5.41) is 9.52. The van der Waals surface area contributed by atoms with Gasteiger partial charge in [0.25, 0.3) is 0 Å². The zero-order chi connectivity index (χ0) is 12.2. The van der Waals surface area contributed by atoms with Crippen LogP contribution in [-0.2, 0) is 4.74 Å². The Morgan fingerprint density at radius 1 is 1.38 bits per heavy atom. The molecule has 1 unspecified atom stereocenters. The molecule has 1 atom stereocenters. The summed E-state index contributed by atoms with van der Waals surface area (Å²) in [6.45, 7) is 9.53.